The van der Waals surface area contributed by atoms with Gasteiger partial charge in [0.1, 0.15) is 11.3 Å². The molecule has 5 heteroatoms. The smallest absolute Gasteiger partial charge is 0.151 e. The quantitative estimate of drug-likeness (QED) is 0.464. The molecule has 0 saturated heterocycles. The molecule has 132 valence electrons. The van der Waals surface area contributed by atoms with Gasteiger partial charge in [0.2, 0.25) is 0 Å². The minimum atomic E-state index is 0.538. The van der Waals surface area contributed by atoms with Crippen molar-refractivity contribution < 1.29 is 0 Å². The fraction of sp³-hybridized carbons (Fsp3) is 0.400. The van der Waals surface area contributed by atoms with E-state index in [1.165, 1.54) is 11.3 Å². The van der Waals surface area contributed by atoms with Gasteiger partial charge in [-0.15, -0.1) is 11.8 Å². The summed E-state index contributed by atoms with van der Waals surface area (Å²) in [6.45, 7) is 5.28. The Kier molecular flexibility index (Phi) is 5.97. The first-order chi connectivity index (χ1) is 12.2. The van der Waals surface area contributed by atoms with E-state index in [-0.39, 0.29) is 0 Å². The summed E-state index contributed by atoms with van der Waals surface area (Å²) >= 11 is 1.91. The zero-order valence-electron chi connectivity index (χ0n) is 15.0. The standard InChI is InChI=1S/C20H26N4S/c1-3-4-11-17-23-18-19(15(2)14-22-20(18)21)24(17)12-8-13-25-16-9-6-5-7-10-16/h5-7,9-10,14H,3-4,8,11-13H2,1-2H3,(H2,21,22). The Balaban J connectivity index is 1.77. The minimum Gasteiger partial charge on any atom is -0.382 e. The predicted molar refractivity (Wildman–Crippen MR) is 107 cm³/mol. The molecule has 1 aromatic carbocycles. The van der Waals surface area contributed by atoms with Crippen LogP contribution in [0.25, 0.3) is 11.0 Å². The summed E-state index contributed by atoms with van der Waals surface area (Å²) in [5, 5.41) is 0. The topological polar surface area (TPSA) is 56.7 Å². The molecule has 0 bridgehead atoms. The van der Waals surface area contributed by atoms with Crippen molar-refractivity contribution in [1.82, 2.24) is 14.5 Å². The Morgan fingerprint density at radius 1 is 1.16 bits per heavy atom. The zero-order valence-corrected chi connectivity index (χ0v) is 15.9. The third-order valence-corrected chi connectivity index (χ3v) is 5.45. The molecule has 4 nitrogen and oxygen atoms in total. The summed E-state index contributed by atoms with van der Waals surface area (Å²) in [4.78, 5) is 10.4. The number of thioether (sulfide) groups is 1. The Labute approximate surface area is 153 Å². The number of nitrogen functional groups attached to an aromatic ring is 1. The lowest BCUT2D eigenvalue weighted by Crippen LogP contribution is -2.06. The normalized spacial score (nSPS) is 11.3. The average molecular weight is 355 g/mol. The molecule has 0 atom stereocenters. The summed E-state index contributed by atoms with van der Waals surface area (Å²) in [5.74, 6) is 2.77. The van der Waals surface area contributed by atoms with Gasteiger partial charge in [-0.25, -0.2) is 9.97 Å². The fourth-order valence-corrected chi connectivity index (χ4v) is 3.92. The second-order valence-corrected chi connectivity index (χ2v) is 7.49. The van der Waals surface area contributed by atoms with Gasteiger partial charge in [0.05, 0.1) is 5.52 Å². The highest BCUT2D eigenvalue weighted by atomic mass is 32.2. The molecule has 0 aliphatic carbocycles. The van der Waals surface area contributed by atoms with Gasteiger partial charge in [-0.1, -0.05) is 31.5 Å². The number of hydrogen-bond acceptors (Lipinski definition) is 4. The maximum atomic E-state index is 6.08. The van der Waals surface area contributed by atoms with Crippen molar-refractivity contribution in [2.45, 2.75) is 51.0 Å². The SMILES string of the molecule is CCCCc1nc2c(N)ncc(C)c2n1CCCSc1ccccc1. The van der Waals surface area contributed by atoms with Crippen LogP contribution in [0.1, 0.15) is 37.6 Å². The van der Waals surface area contributed by atoms with Crippen molar-refractivity contribution in [3.8, 4) is 0 Å². The molecular weight excluding hydrogens is 328 g/mol. The van der Waals surface area contributed by atoms with Crippen LogP contribution in [-0.2, 0) is 13.0 Å². The first kappa shape index (κ1) is 17.8. The molecule has 0 unspecified atom stereocenters. The molecule has 3 aromatic rings. The van der Waals surface area contributed by atoms with Crippen LogP contribution in [0.5, 0.6) is 0 Å². The highest BCUT2D eigenvalue weighted by molar-refractivity contribution is 7.99. The van der Waals surface area contributed by atoms with Crippen molar-refractivity contribution in [2.24, 2.45) is 0 Å². The van der Waals surface area contributed by atoms with E-state index in [9.17, 15) is 0 Å². The molecule has 2 heterocycles. The van der Waals surface area contributed by atoms with E-state index in [0.717, 1.165) is 54.0 Å². The summed E-state index contributed by atoms with van der Waals surface area (Å²) in [6, 6.07) is 10.6. The van der Waals surface area contributed by atoms with Crippen LogP contribution in [0.2, 0.25) is 0 Å². The average Bonchev–Trinajstić information content (AvgIpc) is 3.01. The van der Waals surface area contributed by atoms with E-state index < -0.39 is 0 Å². The molecule has 25 heavy (non-hydrogen) atoms. The van der Waals surface area contributed by atoms with Gasteiger partial charge in [0, 0.05) is 24.1 Å². The second kappa shape index (κ2) is 8.39. The van der Waals surface area contributed by atoms with Crippen LogP contribution >= 0.6 is 11.8 Å². The zero-order chi connectivity index (χ0) is 17.6. The molecular formula is C20H26N4S. The number of unbranched alkanes of at least 4 members (excludes halogenated alkanes) is 1. The van der Waals surface area contributed by atoms with Gasteiger partial charge >= 0.3 is 0 Å². The van der Waals surface area contributed by atoms with Crippen molar-refractivity contribution in [3.63, 3.8) is 0 Å². The predicted octanol–water partition coefficient (Wildman–Crippen LogP) is 4.85. The van der Waals surface area contributed by atoms with Crippen LogP contribution in [0, 0.1) is 6.92 Å². The first-order valence-electron chi connectivity index (χ1n) is 8.98. The van der Waals surface area contributed by atoms with Crippen molar-refractivity contribution in [1.29, 1.82) is 0 Å². The Morgan fingerprint density at radius 3 is 2.72 bits per heavy atom. The van der Waals surface area contributed by atoms with E-state index in [2.05, 4.69) is 53.7 Å². The van der Waals surface area contributed by atoms with Gasteiger partial charge in [-0.2, -0.15) is 0 Å². The van der Waals surface area contributed by atoms with Gasteiger partial charge in [-0.05, 0) is 43.2 Å². The van der Waals surface area contributed by atoms with E-state index >= 15 is 0 Å². The first-order valence-corrected chi connectivity index (χ1v) is 9.97. The Bertz CT molecular complexity index is 827. The lowest BCUT2D eigenvalue weighted by atomic mass is 10.2. The third kappa shape index (κ3) is 4.15. The molecule has 0 saturated carbocycles. The van der Waals surface area contributed by atoms with Gasteiger partial charge in [-0.3, -0.25) is 0 Å². The van der Waals surface area contributed by atoms with E-state index in [4.69, 9.17) is 10.7 Å². The Morgan fingerprint density at radius 2 is 1.96 bits per heavy atom. The van der Waals surface area contributed by atoms with Crippen LogP contribution in [0.3, 0.4) is 0 Å². The number of aryl methyl sites for hydroxylation is 3. The summed E-state index contributed by atoms with van der Waals surface area (Å²) < 4.78 is 2.36. The van der Waals surface area contributed by atoms with Crippen LogP contribution in [0.4, 0.5) is 5.82 Å². The molecule has 0 fully saturated rings. The largest absolute Gasteiger partial charge is 0.382 e. The van der Waals surface area contributed by atoms with Gasteiger partial charge < -0.3 is 10.3 Å². The van der Waals surface area contributed by atoms with Crippen LogP contribution in [-0.4, -0.2) is 20.3 Å². The Hall–Kier alpha value is -2.01. The number of nitrogens with two attached hydrogens (primary N) is 1. The summed E-state index contributed by atoms with van der Waals surface area (Å²) in [6.07, 6.45) is 6.27. The van der Waals surface area contributed by atoms with E-state index in [0.29, 0.717) is 5.82 Å². The number of anilines is 1. The van der Waals surface area contributed by atoms with Crippen molar-refractivity contribution in [2.75, 3.05) is 11.5 Å². The van der Waals surface area contributed by atoms with E-state index in [1.54, 1.807) is 0 Å². The second-order valence-electron chi connectivity index (χ2n) is 6.32. The summed E-state index contributed by atoms with van der Waals surface area (Å²) in [7, 11) is 0. The highest BCUT2D eigenvalue weighted by Gasteiger charge is 2.15. The number of benzene rings is 1. The monoisotopic (exact) mass is 354 g/mol. The van der Waals surface area contributed by atoms with Crippen LogP contribution < -0.4 is 5.73 Å². The summed E-state index contributed by atoms with van der Waals surface area (Å²) in [5.41, 5.74) is 9.24. The molecule has 2 N–H and O–H groups in total. The highest BCUT2D eigenvalue weighted by Crippen LogP contribution is 2.25. The number of hydrogen-bond donors (Lipinski definition) is 1. The lowest BCUT2D eigenvalue weighted by molar-refractivity contribution is 0.636. The van der Waals surface area contributed by atoms with Crippen molar-refractivity contribution in [3.05, 3.63) is 47.9 Å². The molecule has 0 aliphatic heterocycles. The molecule has 2 aromatic heterocycles. The number of imidazole rings is 1. The van der Waals surface area contributed by atoms with Crippen molar-refractivity contribution >= 4 is 28.6 Å². The third-order valence-electron chi connectivity index (χ3n) is 4.35. The number of pyridine rings is 1. The number of aromatic nitrogens is 3. The number of rotatable bonds is 8. The number of fused-ring (bicyclic) bond motifs is 1. The molecule has 3 rings (SSSR count). The minimum absolute atomic E-state index is 0.538. The fourth-order valence-electron chi connectivity index (χ4n) is 3.06. The van der Waals surface area contributed by atoms with Crippen LogP contribution in [0.15, 0.2) is 41.4 Å². The molecule has 0 aliphatic rings. The number of nitrogens with zero attached hydrogens (tertiary/aromatic N) is 3. The maximum Gasteiger partial charge on any atom is 0.151 e. The van der Waals surface area contributed by atoms with E-state index in [1.807, 2.05) is 18.0 Å². The maximum absolute atomic E-state index is 6.08. The molecule has 0 amide bonds. The van der Waals surface area contributed by atoms with Gasteiger partial charge in [0.25, 0.3) is 0 Å². The molecule has 0 spiro atoms. The molecule has 0 radical (unpaired) electrons. The lowest BCUT2D eigenvalue weighted by Gasteiger charge is -2.10. The van der Waals surface area contributed by atoms with Gasteiger partial charge in [0.15, 0.2) is 5.82 Å².